The number of carboxylic acids is 1. The molecular formula is C39H32Cl2N4O5. The van der Waals surface area contributed by atoms with Crippen LogP contribution in [0.5, 0.6) is 0 Å². The Kier molecular flexibility index (Phi) is 10.6. The maximum atomic E-state index is 13.4. The number of halogens is 2. The first-order valence-electron chi connectivity index (χ1n) is 15.7. The van der Waals surface area contributed by atoms with E-state index in [-0.39, 0.29) is 24.4 Å². The highest BCUT2D eigenvalue weighted by Gasteiger charge is 2.22. The second kappa shape index (κ2) is 15.4. The van der Waals surface area contributed by atoms with Crippen molar-refractivity contribution >= 4 is 52.5 Å². The predicted octanol–water partition coefficient (Wildman–Crippen LogP) is 7.86. The molecule has 5 aromatic rings. The number of carbonyl (C=O) groups excluding carboxylic acids is 2. The van der Waals surface area contributed by atoms with Crippen molar-refractivity contribution in [3.63, 3.8) is 0 Å². The maximum absolute atomic E-state index is 13.4. The summed E-state index contributed by atoms with van der Waals surface area (Å²) in [4.78, 5) is 49.3. The fourth-order valence-corrected chi connectivity index (χ4v) is 5.73. The van der Waals surface area contributed by atoms with E-state index in [9.17, 15) is 19.5 Å². The summed E-state index contributed by atoms with van der Waals surface area (Å²) in [5.74, 6) is -1.31. The van der Waals surface area contributed by atoms with E-state index in [1.165, 1.54) is 10.5 Å². The average Bonchev–Trinajstić information content (AvgIpc) is 3.61. The maximum Gasteiger partial charge on any atom is 0.323 e. The van der Waals surface area contributed by atoms with Gasteiger partial charge in [-0.05, 0) is 65.6 Å². The Morgan fingerprint density at radius 2 is 1.42 bits per heavy atom. The van der Waals surface area contributed by atoms with Gasteiger partial charge in [0, 0.05) is 28.9 Å². The van der Waals surface area contributed by atoms with Gasteiger partial charge in [-0.25, -0.2) is 15.3 Å². The number of carboxylic acid groups (broad SMARTS) is 1. The van der Waals surface area contributed by atoms with Gasteiger partial charge in [0.25, 0.3) is 5.91 Å². The Labute approximate surface area is 299 Å². The van der Waals surface area contributed by atoms with E-state index in [2.05, 4.69) is 42.0 Å². The van der Waals surface area contributed by atoms with Crippen LogP contribution in [-0.2, 0) is 27.4 Å². The van der Waals surface area contributed by atoms with E-state index >= 15 is 0 Å². The molecule has 0 aliphatic carbocycles. The van der Waals surface area contributed by atoms with Gasteiger partial charge in [0.05, 0.1) is 16.5 Å². The molecule has 1 atom stereocenters. The molecule has 252 valence electrons. The number of hydrogen-bond acceptors (Lipinski definition) is 6. The monoisotopic (exact) mass is 706 g/mol. The largest absolute Gasteiger partial charge is 0.480 e. The number of nitrogens with one attached hydrogen (secondary N) is 2. The SMILES string of the molecule is Cc1ccc(-c2ccc(C3N=C(c4ccc(CN(CC(=O)O)C(=O)c5ccc(NC(=O)Cc6ccc(Cl)c(Cl)c6)cc5)cc4)NO3)cc2)cc1. The predicted molar refractivity (Wildman–Crippen MR) is 194 cm³/mol. The van der Waals surface area contributed by atoms with Crippen LogP contribution in [0.25, 0.3) is 11.1 Å². The summed E-state index contributed by atoms with van der Waals surface area (Å²) in [6.07, 6.45) is -0.426. The van der Waals surface area contributed by atoms with Crippen molar-refractivity contribution in [1.29, 1.82) is 0 Å². The molecule has 11 heteroatoms. The molecule has 3 N–H and O–H groups in total. The lowest BCUT2D eigenvalue weighted by Crippen LogP contribution is -2.35. The number of hydrogen-bond donors (Lipinski definition) is 3. The number of anilines is 1. The summed E-state index contributed by atoms with van der Waals surface area (Å²) >= 11 is 12.0. The lowest BCUT2D eigenvalue weighted by atomic mass is 10.0. The van der Waals surface area contributed by atoms with Crippen LogP contribution in [0.15, 0.2) is 120 Å². The Balaban J connectivity index is 1.07. The third kappa shape index (κ3) is 8.56. The van der Waals surface area contributed by atoms with Gasteiger partial charge in [-0.3, -0.25) is 14.4 Å². The zero-order chi connectivity index (χ0) is 35.2. The zero-order valence-electron chi connectivity index (χ0n) is 26.9. The first-order chi connectivity index (χ1) is 24.1. The summed E-state index contributed by atoms with van der Waals surface area (Å²) < 4.78 is 0. The van der Waals surface area contributed by atoms with Crippen LogP contribution in [0.3, 0.4) is 0 Å². The van der Waals surface area contributed by atoms with Crippen LogP contribution in [0.1, 0.15) is 44.4 Å². The number of aliphatic imine (C=N–C) groups is 1. The Bertz CT molecular complexity index is 2050. The number of amidine groups is 1. The molecule has 1 unspecified atom stereocenters. The van der Waals surface area contributed by atoms with Crippen LogP contribution in [-0.4, -0.2) is 40.2 Å². The third-order valence-electron chi connectivity index (χ3n) is 8.07. The quantitative estimate of drug-likeness (QED) is 0.129. The number of benzene rings is 5. The minimum absolute atomic E-state index is 0.0694. The molecule has 0 bridgehead atoms. The van der Waals surface area contributed by atoms with Crippen LogP contribution in [0.2, 0.25) is 10.0 Å². The summed E-state index contributed by atoms with van der Waals surface area (Å²) in [5, 5.41) is 13.1. The number of aliphatic carboxylic acids is 1. The van der Waals surface area contributed by atoms with Crippen LogP contribution in [0.4, 0.5) is 5.69 Å². The first-order valence-corrected chi connectivity index (χ1v) is 16.5. The standard InChI is InChI=1S/C39H32Cl2N4O5/c1-24-2-7-27(8-3-24)28-11-13-30(14-12-28)38-43-37(44-50-38)29-9-4-25(5-10-29)22-45(23-36(47)48)39(49)31-15-17-32(18-16-31)42-35(46)21-26-6-19-33(40)34(41)20-26/h2-20,38H,21-23H2,1H3,(H,42,46)(H,43,44)(H,47,48). The Hall–Kier alpha value is -5.48. The fourth-order valence-electron chi connectivity index (χ4n) is 5.41. The van der Waals surface area contributed by atoms with E-state index < -0.39 is 24.6 Å². The van der Waals surface area contributed by atoms with E-state index in [0.717, 1.165) is 27.8 Å². The molecule has 1 aliphatic heterocycles. The molecule has 1 heterocycles. The molecular weight excluding hydrogens is 675 g/mol. The number of aryl methyl sites for hydroxylation is 1. The first kappa shape index (κ1) is 34.4. The average molecular weight is 708 g/mol. The van der Waals surface area contributed by atoms with Crippen molar-refractivity contribution in [2.75, 3.05) is 11.9 Å². The van der Waals surface area contributed by atoms with E-state index in [1.54, 1.807) is 42.5 Å². The number of amides is 2. The number of nitrogens with zero attached hydrogens (tertiary/aromatic N) is 2. The molecule has 0 aromatic heterocycles. The van der Waals surface area contributed by atoms with Gasteiger partial charge >= 0.3 is 5.97 Å². The number of hydroxylamine groups is 1. The van der Waals surface area contributed by atoms with Gasteiger partial charge in [-0.15, -0.1) is 0 Å². The van der Waals surface area contributed by atoms with E-state index in [4.69, 9.17) is 33.0 Å². The lowest BCUT2D eigenvalue weighted by molar-refractivity contribution is -0.137. The van der Waals surface area contributed by atoms with Gasteiger partial charge in [-0.2, -0.15) is 0 Å². The molecule has 0 fully saturated rings. The summed E-state index contributed by atoms with van der Waals surface area (Å²) in [6.45, 7) is 1.64. The van der Waals surface area contributed by atoms with Gasteiger partial charge in [0.2, 0.25) is 12.1 Å². The van der Waals surface area contributed by atoms with Crippen LogP contribution >= 0.6 is 23.2 Å². The summed E-state index contributed by atoms with van der Waals surface area (Å²) in [7, 11) is 0. The van der Waals surface area contributed by atoms with Crippen molar-refractivity contribution < 1.29 is 24.3 Å². The number of carbonyl (C=O) groups is 3. The Morgan fingerprint density at radius 3 is 2.06 bits per heavy atom. The lowest BCUT2D eigenvalue weighted by Gasteiger charge is -2.21. The van der Waals surface area contributed by atoms with E-state index in [1.807, 2.05) is 48.5 Å². The highest BCUT2D eigenvalue weighted by atomic mass is 35.5. The smallest absolute Gasteiger partial charge is 0.323 e. The second-order valence-corrected chi connectivity index (χ2v) is 12.7. The zero-order valence-corrected chi connectivity index (χ0v) is 28.4. The molecule has 0 spiro atoms. The number of rotatable bonds is 11. The van der Waals surface area contributed by atoms with Crippen molar-refractivity contribution in [2.24, 2.45) is 4.99 Å². The minimum Gasteiger partial charge on any atom is -0.480 e. The van der Waals surface area contributed by atoms with Crippen molar-refractivity contribution in [3.05, 3.63) is 159 Å². The van der Waals surface area contributed by atoms with Crippen molar-refractivity contribution in [1.82, 2.24) is 10.4 Å². The molecule has 50 heavy (non-hydrogen) atoms. The third-order valence-corrected chi connectivity index (χ3v) is 8.81. The summed E-state index contributed by atoms with van der Waals surface area (Å²) in [6, 6.07) is 35.0. The second-order valence-electron chi connectivity index (χ2n) is 11.8. The van der Waals surface area contributed by atoms with Crippen LogP contribution in [0, 0.1) is 6.92 Å². The summed E-state index contributed by atoms with van der Waals surface area (Å²) in [5.41, 5.74) is 10.2. The van der Waals surface area contributed by atoms with Gasteiger partial charge in [-0.1, -0.05) is 108 Å². The molecule has 2 amide bonds. The minimum atomic E-state index is -1.14. The van der Waals surface area contributed by atoms with Crippen molar-refractivity contribution in [2.45, 2.75) is 26.1 Å². The van der Waals surface area contributed by atoms with Gasteiger partial charge in [0.1, 0.15) is 6.54 Å². The topological polar surface area (TPSA) is 120 Å². The van der Waals surface area contributed by atoms with Gasteiger partial charge in [0.15, 0.2) is 5.84 Å². The molecule has 0 saturated carbocycles. The normalized spacial score (nSPS) is 13.7. The Morgan fingerprint density at radius 1 is 0.800 bits per heavy atom. The van der Waals surface area contributed by atoms with Gasteiger partial charge < -0.3 is 15.3 Å². The molecule has 0 saturated heterocycles. The highest BCUT2D eigenvalue weighted by molar-refractivity contribution is 6.42. The molecule has 0 radical (unpaired) electrons. The highest BCUT2D eigenvalue weighted by Crippen LogP contribution is 2.27. The molecule has 6 rings (SSSR count). The molecule has 9 nitrogen and oxygen atoms in total. The van der Waals surface area contributed by atoms with Crippen LogP contribution < -0.4 is 10.8 Å². The fraction of sp³-hybridized carbons (Fsp3) is 0.128. The van der Waals surface area contributed by atoms with E-state index in [0.29, 0.717) is 27.1 Å². The molecule has 5 aromatic carbocycles. The molecule has 1 aliphatic rings. The van der Waals surface area contributed by atoms with Crippen molar-refractivity contribution in [3.8, 4) is 11.1 Å².